The Kier molecular flexibility index (Phi) is 4.25. The summed E-state index contributed by atoms with van der Waals surface area (Å²) in [4.78, 5) is 21.7. The zero-order valence-electron chi connectivity index (χ0n) is 10.0. The molecule has 2 rings (SSSR count). The quantitative estimate of drug-likeness (QED) is 0.673. The van der Waals surface area contributed by atoms with Gasteiger partial charge in [-0.15, -0.1) is 0 Å². The molecule has 0 unspecified atom stereocenters. The molecule has 1 heterocycles. The average molecular weight is 276 g/mol. The average Bonchev–Trinajstić information content (AvgIpc) is 2.90. The first-order valence-electron chi connectivity index (χ1n) is 5.70. The molecule has 0 aliphatic carbocycles. The maximum Gasteiger partial charge on any atom is 0.269 e. The Labute approximate surface area is 114 Å². The van der Waals surface area contributed by atoms with E-state index in [1.165, 1.54) is 24.3 Å². The van der Waals surface area contributed by atoms with Gasteiger partial charge in [-0.1, -0.05) is 0 Å². The van der Waals surface area contributed by atoms with Crippen LogP contribution in [0.15, 0.2) is 41.1 Å². The van der Waals surface area contributed by atoms with Gasteiger partial charge in [0.15, 0.2) is 0 Å². The van der Waals surface area contributed by atoms with Crippen LogP contribution in [0.3, 0.4) is 0 Å². The van der Waals surface area contributed by atoms with Gasteiger partial charge in [-0.25, -0.2) is 0 Å². The fraction of sp³-hybridized carbons (Fsp3) is 0.154. The first-order chi connectivity index (χ1) is 9.15. The minimum absolute atomic E-state index is 0.0104. The van der Waals surface area contributed by atoms with Crippen LogP contribution in [0.25, 0.3) is 0 Å². The van der Waals surface area contributed by atoms with Gasteiger partial charge in [0.1, 0.15) is 0 Å². The molecule has 1 aromatic carbocycles. The fourth-order valence-corrected chi connectivity index (χ4v) is 2.29. The number of carbonyl (C=O) groups excluding carboxylic acids is 1. The van der Waals surface area contributed by atoms with E-state index in [0.29, 0.717) is 18.5 Å². The summed E-state index contributed by atoms with van der Waals surface area (Å²) in [6.07, 6.45) is 1.09. The number of hydrogen-bond donors (Lipinski definition) is 1. The number of nitrogens with one attached hydrogen (secondary N) is 1. The highest BCUT2D eigenvalue weighted by molar-refractivity contribution is 7.07. The molecule has 0 aliphatic heterocycles. The number of aryl methyl sites for hydroxylation is 1. The van der Waals surface area contributed by atoms with Crippen molar-refractivity contribution in [1.29, 1.82) is 0 Å². The highest BCUT2D eigenvalue weighted by atomic mass is 32.1. The highest BCUT2D eigenvalue weighted by Gasteiger charge is 2.06. The SMILES string of the molecule is O=C(CCc1ccsc1)Nc1ccc([N+](=O)[O-])cc1. The molecule has 0 radical (unpaired) electrons. The summed E-state index contributed by atoms with van der Waals surface area (Å²) in [5, 5.41) is 17.2. The molecule has 0 bridgehead atoms. The van der Waals surface area contributed by atoms with Crippen LogP contribution in [-0.2, 0) is 11.2 Å². The number of benzene rings is 1. The molecule has 1 amide bonds. The van der Waals surface area contributed by atoms with E-state index in [4.69, 9.17) is 0 Å². The van der Waals surface area contributed by atoms with Crippen molar-refractivity contribution in [2.45, 2.75) is 12.8 Å². The Morgan fingerprint density at radius 2 is 2.00 bits per heavy atom. The Morgan fingerprint density at radius 3 is 2.58 bits per heavy atom. The third-order valence-electron chi connectivity index (χ3n) is 2.58. The van der Waals surface area contributed by atoms with E-state index in [-0.39, 0.29) is 11.6 Å². The summed E-state index contributed by atoms with van der Waals surface area (Å²) in [6, 6.07) is 7.79. The van der Waals surface area contributed by atoms with E-state index >= 15 is 0 Å². The van der Waals surface area contributed by atoms with E-state index in [1.807, 2.05) is 16.8 Å². The van der Waals surface area contributed by atoms with Crippen LogP contribution < -0.4 is 5.32 Å². The molecule has 0 saturated heterocycles. The van der Waals surface area contributed by atoms with Crippen LogP contribution in [0.5, 0.6) is 0 Å². The summed E-state index contributed by atoms with van der Waals surface area (Å²) < 4.78 is 0. The molecular formula is C13H12N2O3S. The number of thiophene rings is 1. The third-order valence-corrected chi connectivity index (χ3v) is 3.31. The lowest BCUT2D eigenvalue weighted by Crippen LogP contribution is -2.12. The lowest BCUT2D eigenvalue weighted by Gasteiger charge is -2.04. The number of carbonyl (C=O) groups is 1. The number of hydrogen-bond acceptors (Lipinski definition) is 4. The molecule has 0 saturated carbocycles. The van der Waals surface area contributed by atoms with Crippen LogP contribution in [0.2, 0.25) is 0 Å². The van der Waals surface area contributed by atoms with Crippen LogP contribution in [0, 0.1) is 10.1 Å². The molecule has 0 spiro atoms. The van der Waals surface area contributed by atoms with Gasteiger partial charge < -0.3 is 5.32 Å². The molecule has 0 aliphatic rings. The van der Waals surface area contributed by atoms with Crippen molar-refractivity contribution in [2.75, 3.05) is 5.32 Å². The molecule has 19 heavy (non-hydrogen) atoms. The van der Waals surface area contributed by atoms with Gasteiger partial charge in [0, 0.05) is 24.2 Å². The Hall–Kier alpha value is -2.21. The molecule has 98 valence electrons. The van der Waals surface area contributed by atoms with E-state index in [1.54, 1.807) is 11.3 Å². The number of nitrogens with zero attached hydrogens (tertiary/aromatic N) is 1. The van der Waals surface area contributed by atoms with Crippen LogP contribution in [0.4, 0.5) is 11.4 Å². The standard InChI is InChI=1S/C13H12N2O3S/c16-13(6-1-10-7-8-19-9-10)14-11-2-4-12(5-3-11)15(17)18/h2-5,7-9H,1,6H2,(H,14,16). The smallest absolute Gasteiger partial charge is 0.269 e. The molecule has 6 heteroatoms. The lowest BCUT2D eigenvalue weighted by molar-refractivity contribution is -0.384. The zero-order chi connectivity index (χ0) is 13.7. The van der Waals surface area contributed by atoms with Gasteiger partial charge in [0.05, 0.1) is 4.92 Å². The second-order valence-electron chi connectivity index (χ2n) is 3.98. The number of anilines is 1. The van der Waals surface area contributed by atoms with Crippen molar-refractivity contribution in [3.63, 3.8) is 0 Å². The van der Waals surface area contributed by atoms with Crippen molar-refractivity contribution < 1.29 is 9.72 Å². The normalized spacial score (nSPS) is 10.1. The van der Waals surface area contributed by atoms with Gasteiger partial charge in [0.25, 0.3) is 5.69 Å². The molecular weight excluding hydrogens is 264 g/mol. The van der Waals surface area contributed by atoms with Crippen molar-refractivity contribution >= 4 is 28.6 Å². The predicted octanol–water partition coefficient (Wildman–Crippen LogP) is 3.23. The Morgan fingerprint density at radius 1 is 1.26 bits per heavy atom. The monoisotopic (exact) mass is 276 g/mol. The molecule has 1 aromatic heterocycles. The van der Waals surface area contributed by atoms with Crippen LogP contribution >= 0.6 is 11.3 Å². The number of non-ortho nitro benzene ring substituents is 1. The van der Waals surface area contributed by atoms with Crippen LogP contribution in [-0.4, -0.2) is 10.8 Å². The fourth-order valence-electron chi connectivity index (χ4n) is 1.58. The van der Waals surface area contributed by atoms with Gasteiger partial charge in [-0.05, 0) is 40.9 Å². The second-order valence-corrected chi connectivity index (χ2v) is 4.76. The summed E-state index contributed by atoms with van der Waals surface area (Å²) >= 11 is 1.60. The van der Waals surface area contributed by atoms with Crippen molar-refractivity contribution in [1.82, 2.24) is 0 Å². The van der Waals surface area contributed by atoms with E-state index in [2.05, 4.69) is 5.32 Å². The third kappa shape index (κ3) is 3.89. The topological polar surface area (TPSA) is 72.2 Å². The first kappa shape index (κ1) is 13.2. The largest absolute Gasteiger partial charge is 0.326 e. The second kappa shape index (κ2) is 6.10. The van der Waals surface area contributed by atoms with Crippen LogP contribution in [0.1, 0.15) is 12.0 Å². The predicted molar refractivity (Wildman–Crippen MR) is 74.4 cm³/mol. The van der Waals surface area contributed by atoms with Crippen molar-refractivity contribution in [3.8, 4) is 0 Å². The maximum atomic E-state index is 11.7. The van der Waals surface area contributed by atoms with E-state index in [0.717, 1.165) is 5.56 Å². The number of amides is 1. The highest BCUT2D eigenvalue weighted by Crippen LogP contribution is 2.16. The van der Waals surface area contributed by atoms with E-state index in [9.17, 15) is 14.9 Å². The van der Waals surface area contributed by atoms with Crippen molar-refractivity contribution in [2.24, 2.45) is 0 Å². The molecule has 1 N–H and O–H groups in total. The summed E-state index contributed by atoms with van der Waals surface area (Å²) in [7, 11) is 0. The van der Waals surface area contributed by atoms with Gasteiger partial charge in [0.2, 0.25) is 5.91 Å². The summed E-state index contributed by atoms with van der Waals surface area (Å²) in [6.45, 7) is 0. The Bertz CT molecular complexity index is 564. The summed E-state index contributed by atoms with van der Waals surface area (Å²) in [5.74, 6) is -0.0972. The van der Waals surface area contributed by atoms with E-state index < -0.39 is 4.92 Å². The first-order valence-corrected chi connectivity index (χ1v) is 6.65. The minimum Gasteiger partial charge on any atom is -0.326 e. The minimum atomic E-state index is -0.470. The number of nitro benzene ring substituents is 1. The van der Waals surface area contributed by atoms with Gasteiger partial charge >= 0.3 is 0 Å². The number of rotatable bonds is 5. The molecule has 0 fully saturated rings. The zero-order valence-corrected chi connectivity index (χ0v) is 10.9. The molecule has 0 atom stereocenters. The molecule has 2 aromatic rings. The lowest BCUT2D eigenvalue weighted by atomic mass is 10.2. The van der Waals surface area contributed by atoms with Crippen molar-refractivity contribution in [3.05, 3.63) is 56.8 Å². The number of nitro groups is 1. The Balaban J connectivity index is 1.86. The van der Waals surface area contributed by atoms with Gasteiger partial charge in [-0.3, -0.25) is 14.9 Å². The molecule has 5 nitrogen and oxygen atoms in total. The maximum absolute atomic E-state index is 11.7. The van der Waals surface area contributed by atoms with Gasteiger partial charge in [-0.2, -0.15) is 11.3 Å². The summed E-state index contributed by atoms with van der Waals surface area (Å²) in [5.41, 5.74) is 1.72.